The molecule has 1 aliphatic rings. The summed E-state index contributed by atoms with van der Waals surface area (Å²) in [6.07, 6.45) is 3.92. The molecule has 0 saturated heterocycles. The van der Waals surface area contributed by atoms with E-state index in [0.29, 0.717) is 12.2 Å². The van der Waals surface area contributed by atoms with Gasteiger partial charge in [-0.15, -0.1) is 0 Å². The van der Waals surface area contributed by atoms with Crippen molar-refractivity contribution < 1.29 is 14.3 Å². The van der Waals surface area contributed by atoms with Gasteiger partial charge in [0.25, 0.3) is 0 Å². The van der Waals surface area contributed by atoms with Gasteiger partial charge in [-0.05, 0) is 49.9 Å². The third-order valence-electron chi connectivity index (χ3n) is 4.11. The molecule has 1 fully saturated rings. The van der Waals surface area contributed by atoms with Crippen molar-refractivity contribution >= 4 is 11.7 Å². The summed E-state index contributed by atoms with van der Waals surface area (Å²) in [5.74, 6) is -0.366. The van der Waals surface area contributed by atoms with Gasteiger partial charge in [0.2, 0.25) is 0 Å². The monoisotopic (exact) mass is 308 g/mol. The van der Waals surface area contributed by atoms with Crippen LogP contribution in [0.25, 0.3) is 0 Å². The summed E-state index contributed by atoms with van der Waals surface area (Å²) in [6, 6.07) is 4.06. The van der Waals surface area contributed by atoms with E-state index in [-0.39, 0.29) is 17.9 Å². The number of urea groups is 1. The maximum atomic E-state index is 13.4. The van der Waals surface area contributed by atoms with Crippen molar-refractivity contribution in [3.8, 4) is 0 Å². The van der Waals surface area contributed by atoms with Crippen molar-refractivity contribution in [1.29, 1.82) is 0 Å². The van der Waals surface area contributed by atoms with Crippen LogP contribution < -0.4 is 5.32 Å². The molecule has 0 radical (unpaired) electrons. The van der Waals surface area contributed by atoms with Gasteiger partial charge in [-0.25, -0.2) is 9.18 Å². The number of nitrogens with zero attached hydrogens (tertiary/aromatic N) is 1. The second-order valence-electron chi connectivity index (χ2n) is 6.06. The minimum Gasteiger partial charge on any atom is -0.391 e. The van der Waals surface area contributed by atoms with E-state index in [1.807, 2.05) is 6.92 Å². The van der Waals surface area contributed by atoms with Crippen LogP contribution in [0.5, 0.6) is 0 Å². The number of carbonyl (C=O) groups excluding carboxylic acids is 1. The van der Waals surface area contributed by atoms with Crippen LogP contribution in [-0.4, -0.2) is 34.7 Å². The quantitative estimate of drug-likeness (QED) is 0.891. The molecule has 22 heavy (non-hydrogen) atoms. The number of rotatable bonds is 4. The van der Waals surface area contributed by atoms with Gasteiger partial charge in [0, 0.05) is 12.2 Å². The summed E-state index contributed by atoms with van der Waals surface area (Å²) in [6.45, 7) is 4.37. The zero-order chi connectivity index (χ0) is 16.1. The lowest BCUT2D eigenvalue weighted by Gasteiger charge is -2.37. The molecule has 4 nitrogen and oxygen atoms in total. The zero-order valence-corrected chi connectivity index (χ0v) is 13.3. The van der Waals surface area contributed by atoms with Crippen LogP contribution >= 0.6 is 0 Å². The normalized spacial score (nSPS) is 21.5. The fraction of sp³-hybridized carbons (Fsp3) is 0.588. The van der Waals surface area contributed by atoms with Crippen molar-refractivity contribution in [3.63, 3.8) is 0 Å². The maximum absolute atomic E-state index is 13.4. The Morgan fingerprint density at radius 3 is 2.73 bits per heavy atom. The number of anilines is 1. The van der Waals surface area contributed by atoms with Crippen molar-refractivity contribution in [2.45, 2.75) is 58.1 Å². The number of aliphatic hydroxyl groups excluding tert-OH is 1. The number of aliphatic hydroxyl groups is 1. The highest BCUT2D eigenvalue weighted by molar-refractivity contribution is 5.89. The minimum atomic E-state index is -0.472. The number of halogens is 1. The van der Waals surface area contributed by atoms with Crippen LogP contribution in [0.2, 0.25) is 0 Å². The summed E-state index contributed by atoms with van der Waals surface area (Å²) >= 11 is 0. The van der Waals surface area contributed by atoms with Crippen LogP contribution in [0, 0.1) is 12.7 Å². The first-order valence-electron chi connectivity index (χ1n) is 8.04. The maximum Gasteiger partial charge on any atom is 0.322 e. The Balaban J connectivity index is 2.11. The number of nitrogens with one attached hydrogen (secondary N) is 1. The Morgan fingerprint density at radius 2 is 2.09 bits per heavy atom. The molecule has 1 aliphatic carbocycles. The molecule has 0 aromatic heterocycles. The zero-order valence-electron chi connectivity index (χ0n) is 13.3. The van der Waals surface area contributed by atoms with E-state index >= 15 is 0 Å². The van der Waals surface area contributed by atoms with Crippen LogP contribution in [0.4, 0.5) is 14.9 Å². The highest BCUT2D eigenvalue weighted by atomic mass is 19.1. The first kappa shape index (κ1) is 16.7. The van der Waals surface area contributed by atoms with Gasteiger partial charge in [-0.2, -0.15) is 0 Å². The van der Waals surface area contributed by atoms with Gasteiger partial charge in [0.15, 0.2) is 0 Å². The third kappa shape index (κ3) is 4.19. The Bertz CT molecular complexity index is 501. The average Bonchev–Trinajstić information content (AvgIpc) is 2.44. The Hall–Kier alpha value is -1.62. The largest absolute Gasteiger partial charge is 0.391 e. The van der Waals surface area contributed by atoms with Gasteiger partial charge in [-0.3, -0.25) is 0 Å². The lowest BCUT2D eigenvalue weighted by atomic mass is 9.91. The van der Waals surface area contributed by atoms with E-state index in [0.717, 1.165) is 37.7 Å². The van der Waals surface area contributed by atoms with E-state index in [4.69, 9.17) is 0 Å². The molecular weight excluding hydrogens is 283 g/mol. The molecular formula is C17H25FN2O2. The van der Waals surface area contributed by atoms with Gasteiger partial charge in [0.05, 0.1) is 12.1 Å². The van der Waals surface area contributed by atoms with Crippen molar-refractivity contribution in [1.82, 2.24) is 4.90 Å². The minimum absolute atomic E-state index is 0.150. The number of carbonyl (C=O) groups is 1. The molecule has 2 unspecified atom stereocenters. The molecule has 5 heteroatoms. The molecule has 1 saturated carbocycles. The SMILES string of the molecule is CCCN(C(=O)Nc1cc(C)cc(F)c1)C1CCCCC1O. The summed E-state index contributed by atoms with van der Waals surface area (Å²) < 4.78 is 13.4. The number of amides is 2. The molecule has 2 amide bonds. The Morgan fingerprint density at radius 1 is 1.36 bits per heavy atom. The lowest BCUT2D eigenvalue weighted by Crippen LogP contribution is -2.50. The van der Waals surface area contributed by atoms with Crippen molar-refractivity contribution in [2.75, 3.05) is 11.9 Å². The predicted molar refractivity (Wildman–Crippen MR) is 85.4 cm³/mol. The fourth-order valence-electron chi connectivity index (χ4n) is 3.12. The van der Waals surface area contributed by atoms with Gasteiger partial charge in [0.1, 0.15) is 5.82 Å². The first-order chi connectivity index (χ1) is 10.5. The molecule has 2 N–H and O–H groups in total. The van der Waals surface area contributed by atoms with Gasteiger partial charge >= 0.3 is 6.03 Å². The van der Waals surface area contributed by atoms with Crippen LogP contribution in [0.3, 0.4) is 0 Å². The molecule has 122 valence electrons. The highest BCUT2D eigenvalue weighted by Gasteiger charge is 2.31. The predicted octanol–water partition coefficient (Wildman–Crippen LogP) is 3.68. The van der Waals surface area contributed by atoms with E-state index in [9.17, 15) is 14.3 Å². The summed E-state index contributed by atoms with van der Waals surface area (Å²) in [4.78, 5) is 14.2. The average molecular weight is 308 g/mol. The molecule has 1 aromatic carbocycles. The summed E-state index contributed by atoms with van der Waals surface area (Å²) in [5, 5.41) is 12.9. The molecule has 1 aromatic rings. The molecule has 0 aliphatic heterocycles. The smallest absolute Gasteiger partial charge is 0.322 e. The third-order valence-corrected chi connectivity index (χ3v) is 4.11. The molecule has 2 rings (SSSR count). The van der Waals surface area contributed by atoms with Gasteiger partial charge < -0.3 is 15.3 Å². The molecule has 0 spiro atoms. The van der Waals surface area contributed by atoms with E-state index in [2.05, 4.69) is 5.32 Å². The molecule has 0 bridgehead atoms. The number of hydrogen-bond donors (Lipinski definition) is 2. The number of hydrogen-bond acceptors (Lipinski definition) is 2. The second-order valence-corrected chi connectivity index (χ2v) is 6.06. The second kappa shape index (κ2) is 7.58. The van der Waals surface area contributed by atoms with E-state index in [1.54, 1.807) is 17.9 Å². The van der Waals surface area contributed by atoms with Crippen molar-refractivity contribution in [3.05, 3.63) is 29.6 Å². The van der Waals surface area contributed by atoms with E-state index in [1.165, 1.54) is 12.1 Å². The summed E-state index contributed by atoms with van der Waals surface area (Å²) in [7, 11) is 0. The van der Waals surface area contributed by atoms with Crippen LogP contribution in [-0.2, 0) is 0 Å². The highest BCUT2D eigenvalue weighted by Crippen LogP contribution is 2.24. The molecule has 0 heterocycles. The topological polar surface area (TPSA) is 52.6 Å². The van der Waals surface area contributed by atoms with Crippen LogP contribution in [0.15, 0.2) is 18.2 Å². The Kier molecular flexibility index (Phi) is 5.77. The Labute approximate surface area is 131 Å². The number of aryl methyl sites for hydroxylation is 1. The van der Waals surface area contributed by atoms with E-state index < -0.39 is 6.10 Å². The van der Waals surface area contributed by atoms with Crippen LogP contribution in [0.1, 0.15) is 44.6 Å². The number of benzene rings is 1. The molecule has 2 atom stereocenters. The summed E-state index contributed by atoms with van der Waals surface area (Å²) in [5.41, 5.74) is 1.21. The van der Waals surface area contributed by atoms with Gasteiger partial charge in [-0.1, -0.05) is 19.8 Å². The lowest BCUT2D eigenvalue weighted by molar-refractivity contribution is 0.0397. The standard InChI is InChI=1S/C17H25FN2O2/c1-3-8-20(15-6-4-5-7-16(15)21)17(22)19-14-10-12(2)9-13(18)11-14/h9-11,15-16,21H,3-8H2,1-2H3,(H,19,22). The van der Waals surface area contributed by atoms with Crippen molar-refractivity contribution in [2.24, 2.45) is 0 Å². The first-order valence-corrected chi connectivity index (χ1v) is 8.04. The fourth-order valence-corrected chi connectivity index (χ4v) is 3.12.